The van der Waals surface area contributed by atoms with E-state index in [4.69, 9.17) is 4.74 Å². The van der Waals surface area contributed by atoms with E-state index in [1.165, 1.54) is 33.4 Å². The SMILES string of the molecule is c1ccc2c3c(ccc2c1)COC31SCCS1. The average Bonchev–Trinajstić information content (AvgIpc) is 2.99. The summed E-state index contributed by atoms with van der Waals surface area (Å²) in [5, 5.41) is 2.69. The highest BCUT2D eigenvalue weighted by Crippen LogP contribution is 2.58. The van der Waals surface area contributed by atoms with Crippen LogP contribution in [0.15, 0.2) is 36.4 Å². The Labute approximate surface area is 109 Å². The minimum atomic E-state index is -0.115. The largest absolute Gasteiger partial charge is 0.346 e. The normalized spacial score (nSPS) is 21.2. The molecule has 0 bridgehead atoms. The highest BCUT2D eigenvalue weighted by molar-refractivity contribution is 8.20. The van der Waals surface area contributed by atoms with Crippen molar-refractivity contribution >= 4 is 34.3 Å². The molecule has 17 heavy (non-hydrogen) atoms. The second-order valence-electron chi connectivity index (χ2n) is 4.36. The molecule has 4 rings (SSSR count). The Morgan fingerprint density at radius 3 is 2.71 bits per heavy atom. The number of benzene rings is 2. The van der Waals surface area contributed by atoms with E-state index in [1.54, 1.807) is 0 Å². The number of rotatable bonds is 0. The molecule has 0 N–H and O–H groups in total. The molecule has 0 aliphatic carbocycles. The van der Waals surface area contributed by atoms with Crippen LogP contribution in [0.3, 0.4) is 0 Å². The molecule has 0 unspecified atom stereocenters. The molecular formula is C14H12OS2. The van der Waals surface area contributed by atoms with Crippen LogP contribution in [0.5, 0.6) is 0 Å². The Morgan fingerprint density at radius 2 is 1.82 bits per heavy atom. The van der Waals surface area contributed by atoms with Crippen molar-refractivity contribution in [3.63, 3.8) is 0 Å². The molecule has 0 aromatic heterocycles. The van der Waals surface area contributed by atoms with Gasteiger partial charge < -0.3 is 4.74 Å². The summed E-state index contributed by atoms with van der Waals surface area (Å²) in [5.74, 6) is 2.38. The molecule has 1 saturated heterocycles. The van der Waals surface area contributed by atoms with Crippen LogP contribution in [0.1, 0.15) is 11.1 Å². The van der Waals surface area contributed by atoms with Gasteiger partial charge in [-0.05, 0) is 16.3 Å². The van der Waals surface area contributed by atoms with Gasteiger partial charge in [0.2, 0.25) is 0 Å². The third kappa shape index (κ3) is 1.39. The number of fused-ring (bicyclic) bond motifs is 4. The van der Waals surface area contributed by atoms with Gasteiger partial charge in [-0.3, -0.25) is 0 Å². The summed E-state index contributed by atoms with van der Waals surface area (Å²) in [6, 6.07) is 13.1. The summed E-state index contributed by atoms with van der Waals surface area (Å²) in [6.45, 7) is 0.764. The highest BCUT2D eigenvalue weighted by atomic mass is 32.2. The van der Waals surface area contributed by atoms with Gasteiger partial charge in [-0.25, -0.2) is 0 Å². The molecule has 1 spiro atoms. The lowest BCUT2D eigenvalue weighted by Crippen LogP contribution is -2.12. The molecule has 0 amide bonds. The molecule has 0 radical (unpaired) electrons. The van der Waals surface area contributed by atoms with Crippen LogP contribution in [-0.2, 0) is 15.6 Å². The minimum absolute atomic E-state index is 0.115. The lowest BCUT2D eigenvalue weighted by Gasteiger charge is -2.22. The Hall–Kier alpha value is -0.640. The van der Waals surface area contributed by atoms with Crippen LogP contribution in [0.25, 0.3) is 10.8 Å². The van der Waals surface area contributed by atoms with E-state index < -0.39 is 0 Å². The summed E-state index contributed by atoms with van der Waals surface area (Å²) in [5.41, 5.74) is 2.79. The summed E-state index contributed by atoms with van der Waals surface area (Å²) in [6.07, 6.45) is 0. The highest BCUT2D eigenvalue weighted by Gasteiger charge is 2.45. The summed E-state index contributed by atoms with van der Waals surface area (Å²) < 4.78 is 5.99. The predicted molar refractivity (Wildman–Crippen MR) is 75.3 cm³/mol. The Balaban J connectivity index is 2.05. The zero-order chi connectivity index (χ0) is 11.3. The molecule has 0 atom stereocenters. The Bertz CT molecular complexity index is 588. The van der Waals surface area contributed by atoms with Gasteiger partial charge in [-0.1, -0.05) is 36.4 Å². The van der Waals surface area contributed by atoms with Crippen LogP contribution in [0.2, 0.25) is 0 Å². The molecule has 2 aliphatic heterocycles. The summed E-state index contributed by atoms with van der Waals surface area (Å²) >= 11 is 3.90. The van der Waals surface area contributed by atoms with Crippen molar-refractivity contribution in [3.8, 4) is 0 Å². The first kappa shape index (κ1) is 10.3. The van der Waals surface area contributed by atoms with E-state index in [2.05, 4.69) is 36.4 Å². The Kier molecular flexibility index (Phi) is 2.23. The molecule has 0 saturated carbocycles. The lowest BCUT2D eigenvalue weighted by molar-refractivity contribution is 0.104. The lowest BCUT2D eigenvalue weighted by atomic mass is 10.0. The summed E-state index contributed by atoms with van der Waals surface area (Å²) in [7, 11) is 0. The second kappa shape index (κ2) is 3.67. The average molecular weight is 260 g/mol. The van der Waals surface area contributed by atoms with Crippen LogP contribution >= 0.6 is 23.5 Å². The molecular weight excluding hydrogens is 248 g/mol. The van der Waals surface area contributed by atoms with Gasteiger partial charge in [0.05, 0.1) is 6.61 Å². The van der Waals surface area contributed by atoms with Crippen LogP contribution in [0.4, 0.5) is 0 Å². The van der Waals surface area contributed by atoms with Crippen molar-refractivity contribution in [1.29, 1.82) is 0 Å². The molecule has 2 aromatic carbocycles. The van der Waals surface area contributed by atoms with Crippen molar-refractivity contribution in [3.05, 3.63) is 47.5 Å². The fourth-order valence-electron chi connectivity index (χ4n) is 2.66. The first-order valence-corrected chi connectivity index (χ1v) is 7.79. The zero-order valence-corrected chi connectivity index (χ0v) is 10.9. The van der Waals surface area contributed by atoms with Crippen molar-refractivity contribution in [2.24, 2.45) is 0 Å². The van der Waals surface area contributed by atoms with Gasteiger partial charge in [0, 0.05) is 17.1 Å². The quantitative estimate of drug-likeness (QED) is 0.709. The number of hydrogen-bond acceptors (Lipinski definition) is 3. The Morgan fingerprint density at radius 1 is 1.00 bits per heavy atom. The standard InChI is InChI=1S/C14H12OS2/c1-2-4-12-10(3-1)5-6-11-9-15-14(13(11)12)16-7-8-17-14/h1-6H,7-9H2. The third-order valence-corrected chi connectivity index (χ3v) is 6.59. The monoisotopic (exact) mass is 260 g/mol. The summed E-state index contributed by atoms with van der Waals surface area (Å²) in [4.78, 5) is 0. The fourth-order valence-corrected chi connectivity index (χ4v) is 5.76. The van der Waals surface area contributed by atoms with Gasteiger partial charge >= 0.3 is 0 Å². The maximum Gasteiger partial charge on any atom is 0.187 e. The number of ether oxygens (including phenoxy) is 1. The molecule has 2 heterocycles. The second-order valence-corrected chi connectivity index (χ2v) is 7.16. The van der Waals surface area contributed by atoms with Crippen molar-refractivity contribution in [2.45, 2.75) is 10.9 Å². The smallest absolute Gasteiger partial charge is 0.187 e. The minimum Gasteiger partial charge on any atom is -0.346 e. The predicted octanol–water partition coefficient (Wildman–Crippen LogP) is 3.96. The topological polar surface area (TPSA) is 9.23 Å². The van der Waals surface area contributed by atoms with Gasteiger partial charge in [0.15, 0.2) is 4.27 Å². The molecule has 1 nitrogen and oxygen atoms in total. The zero-order valence-electron chi connectivity index (χ0n) is 9.31. The molecule has 2 aliphatic rings. The maximum atomic E-state index is 6.11. The maximum absolute atomic E-state index is 6.11. The number of thioether (sulfide) groups is 2. The number of hydrogen-bond donors (Lipinski definition) is 0. The van der Waals surface area contributed by atoms with Gasteiger partial charge in [0.1, 0.15) is 0 Å². The third-order valence-electron chi connectivity index (χ3n) is 3.41. The van der Waals surface area contributed by atoms with E-state index in [0.717, 1.165) is 6.61 Å². The molecule has 1 fully saturated rings. The van der Waals surface area contributed by atoms with E-state index >= 15 is 0 Å². The van der Waals surface area contributed by atoms with Crippen LogP contribution < -0.4 is 0 Å². The van der Waals surface area contributed by atoms with Crippen molar-refractivity contribution < 1.29 is 4.74 Å². The molecule has 3 heteroatoms. The van der Waals surface area contributed by atoms with Gasteiger partial charge in [-0.2, -0.15) is 0 Å². The first-order valence-electron chi connectivity index (χ1n) is 5.82. The van der Waals surface area contributed by atoms with E-state index in [9.17, 15) is 0 Å². The van der Waals surface area contributed by atoms with Crippen molar-refractivity contribution in [1.82, 2.24) is 0 Å². The van der Waals surface area contributed by atoms with Crippen LogP contribution in [-0.4, -0.2) is 11.5 Å². The fraction of sp³-hybridized carbons (Fsp3) is 0.286. The van der Waals surface area contributed by atoms with E-state index in [0.29, 0.717) is 0 Å². The van der Waals surface area contributed by atoms with Gasteiger partial charge in [0.25, 0.3) is 0 Å². The van der Waals surface area contributed by atoms with Crippen molar-refractivity contribution in [2.75, 3.05) is 11.5 Å². The molecule has 86 valence electrons. The van der Waals surface area contributed by atoms with Gasteiger partial charge in [-0.15, -0.1) is 23.5 Å². The first-order chi connectivity index (χ1) is 8.39. The van der Waals surface area contributed by atoms with E-state index in [-0.39, 0.29) is 4.27 Å². The van der Waals surface area contributed by atoms with Crippen LogP contribution in [0, 0.1) is 0 Å². The van der Waals surface area contributed by atoms with E-state index in [1.807, 2.05) is 23.5 Å². The molecule has 2 aromatic rings.